The van der Waals surface area contributed by atoms with Crippen LogP contribution in [-0.2, 0) is 10.0 Å². The molecule has 16 heavy (non-hydrogen) atoms. The molecule has 0 unspecified atom stereocenters. The minimum absolute atomic E-state index is 0.0546. The lowest BCUT2D eigenvalue weighted by Crippen LogP contribution is -2.26. The first-order chi connectivity index (χ1) is 7.38. The SMILES string of the molecule is CC(C)c1noc(OCCNS(C)(=O)=O)n1. The molecule has 1 rings (SSSR count). The fraction of sp³-hybridized carbons (Fsp3) is 0.750. The normalized spacial score (nSPS) is 12.0. The fourth-order valence-electron chi connectivity index (χ4n) is 0.879. The van der Waals surface area contributed by atoms with Crippen LogP contribution in [0.4, 0.5) is 0 Å². The molecule has 0 aliphatic rings. The van der Waals surface area contributed by atoms with Gasteiger partial charge >= 0.3 is 6.08 Å². The van der Waals surface area contributed by atoms with Crippen LogP contribution >= 0.6 is 0 Å². The molecule has 0 fully saturated rings. The molecule has 1 aromatic rings. The molecule has 0 saturated carbocycles. The third-order valence-electron chi connectivity index (χ3n) is 1.63. The summed E-state index contributed by atoms with van der Waals surface area (Å²) < 4.78 is 33.6. The van der Waals surface area contributed by atoms with Gasteiger partial charge in [0.1, 0.15) is 6.61 Å². The zero-order valence-corrected chi connectivity index (χ0v) is 10.2. The van der Waals surface area contributed by atoms with E-state index in [-0.39, 0.29) is 25.1 Å². The van der Waals surface area contributed by atoms with E-state index in [0.717, 1.165) is 6.26 Å². The van der Waals surface area contributed by atoms with E-state index >= 15 is 0 Å². The Bertz CT molecular complexity index is 426. The third kappa shape index (κ3) is 4.58. The number of hydrogen-bond donors (Lipinski definition) is 1. The van der Waals surface area contributed by atoms with E-state index in [9.17, 15) is 8.42 Å². The summed E-state index contributed by atoms with van der Waals surface area (Å²) in [4.78, 5) is 3.97. The molecule has 0 aliphatic heterocycles. The quantitative estimate of drug-likeness (QED) is 0.720. The van der Waals surface area contributed by atoms with Crippen molar-refractivity contribution in [3.05, 3.63) is 5.82 Å². The van der Waals surface area contributed by atoms with Crippen molar-refractivity contribution in [2.75, 3.05) is 19.4 Å². The van der Waals surface area contributed by atoms with E-state index in [4.69, 9.17) is 9.26 Å². The van der Waals surface area contributed by atoms with Gasteiger partial charge in [-0.05, 0) is 0 Å². The van der Waals surface area contributed by atoms with Gasteiger partial charge in [0.05, 0.1) is 6.26 Å². The van der Waals surface area contributed by atoms with Crippen molar-refractivity contribution in [3.8, 4) is 6.08 Å². The Labute approximate surface area is 94.2 Å². The van der Waals surface area contributed by atoms with E-state index in [2.05, 4.69) is 14.9 Å². The molecule has 92 valence electrons. The highest BCUT2D eigenvalue weighted by Crippen LogP contribution is 2.13. The summed E-state index contributed by atoms with van der Waals surface area (Å²) in [5.41, 5.74) is 0. The van der Waals surface area contributed by atoms with Gasteiger partial charge in [0, 0.05) is 12.5 Å². The first-order valence-corrected chi connectivity index (χ1v) is 6.68. The van der Waals surface area contributed by atoms with Crippen LogP contribution in [0.5, 0.6) is 6.08 Å². The van der Waals surface area contributed by atoms with E-state index in [1.807, 2.05) is 13.8 Å². The van der Waals surface area contributed by atoms with Gasteiger partial charge < -0.3 is 4.74 Å². The van der Waals surface area contributed by atoms with E-state index in [1.54, 1.807) is 0 Å². The summed E-state index contributed by atoms with van der Waals surface area (Å²) in [6.07, 6.45) is 1.13. The molecule has 0 bridgehead atoms. The standard InChI is InChI=1S/C8H15N3O4S/c1-6(2)7-10-8(15-11-7)14-5-4-9-16(3,12)13/h6,9H,4-5H2,1-3H3. The summed E-state index contributed by atoms with van der Waals surface area (Å²) in [6, 6.07) is 0. The average molecular weight is 249 g/mol. The summed E-state index contributed by atoms with van der Waals surface area (Å²) in [7, 11) is -3.18. The Balaban J connectivity index is 2.32. The van der Waals surface area contributed by atoms with Crippen LogP contribution in [0.2, 0.25) is 0 Å². The number of nitrogens with one attached hydrogen (secondary N) is 1. The van der Waals surface area contributed by atoms with Gasteiger partial charge in [0.25, 0.3) is 0 Å². The maximum atomic E-state index is 10.7. The van der Waals surface area contributed by atoms with Gasteiger partial charge in [-0.3, -0.25) is 4.52 Å². The van der Waals surface area contributed by atoms with E-state index in [0.29, 0.717) is 5.82 Å². The Hall–Kier alpha value is -1.15. The van der Waals surface area contributed by atoms with Gasteiger partial charge in [-0.2, -0.15) is 4.98 Å². The monoisotopic (exact) mass is 249 g/mol. The molecular weight excluding hydrogens is 234 g/mol. The lowest BCUT2D eigenvalue weighted by Gasteiger charge is -2.01. The largest absolute Gasteiger partial charge is 0.447 e. The van der Waals surface area contributed by atoms with Gasteiger partial charge in [0.15, 0.2) is 5.82 Å². The van der Waals surface area contributed by atoms with E-state index < -0.39 is 10.0 Å². The summed E-state index contributed by atoms with van der Waals surface area (Å²) in [5, 5.41) is 3.69. The van der Waals surface area contributed by atoms with Crippen LogP contribution < -0.4 is 9.46 Å². The third-order valence-corrected chi connectivity index (χ3v) is 2.36. The number of ether oxygens (including phenoxy) is 1. The van der Waals surface area contributed by atoms with Crippen molar-refractivity contribution in [2.45, 2.75) is 19.8 Å². The first kappa shape index (κ1) is 12.9. The predicted molar refractivity (Wildman–Crippen MR) is 56.7 cm³/mol. The van der Waals surface area contributed by atoms with Crippen molar-refractivity contribution < 1.29 is 17.7 Å². The van der Waals surface area contributed by atoms with Crippen LogP contribution in [0, 0.1) is 0 Å². The van der Waals surface area contributed by atoms with Crippen molar-refractivity contribution in [1.29, 1.82) is 0 Å². The lowest BCUT2D eigenvalue weighted by atomic mass is 10.2. The molecule has 0 saturated heterocycles. The van der Waals surface area contributed by atoms with Gasteiger partial charge in [-0.25, -0.2) is 13.1 Å². The first-order valence-electron chi connectivity index (χ1n) is 4.79. The summed E-state index contributed by atoms with van der Waals surface area (Å²) in [6.45, 7) is 4.17. The highest BCUT2D eigenvalue weighted by Gasteiger charge is 2.10. The summed E-state index contributed by atoms with van der Waals surface area (Å²) in [5.74, 6) is 0.723. The fourth-order valence-corrected chi connectivity index (χ4v) is 1.33. The molecule has 0 atom stereocenters. The number of sulfonamides is 1. The molecule has 0 aromatic carbocycles. The molecule has 1 N–H and O–H groups in total. The lowest BCUT2D eigenvalue weighted by molar-refractivity contribution is 0.207. The minimum Gasteiger partial charge on any atom is -0.447 e. The number of aromatic nitrogens is 2. The number of hydrogen-bond acceptors (Lipinski definition) is 6. The van der Waals surface area contributed by atoms with Gasteiger partial charge in [0.2, 0.25) is 10.0 Å². The van der Waals surface area contributed by atoms with Crippen LogP contribution in [0.3, 0.4) is 0 Å². The van der Waals surface area contributed by atoms with E-state index in [1.165, 1.54) is 0 Å². The molecule has 0 spiro atoms. The van der Waals surface area contributed by atoms with Crippen LogP contribution in [0.15, 0.2) is 4.52 Å². The second-order valence-electron chi connectivity index (χ2n) is 3.59. The topological polar surface area (TPSA) is 94.3 Å². The van der Waals surface area contributed by atoms with Crippen molar-refractivity contribution in [3.63, 3.8) is 0 Å². The molecule has 1 heterocycles. The average Bonchev–Trinajstić information content (AvgIpc) is 2.59. The van der Waals surface area contributed by atoms with Crippen LogP contribution in [0.25, 0.3) is 0 Å². The van der Waals surface area contributed by atoms with Crippen molar-refractivity contribution >= 4 is 10.0 Å². The smallest absolute Gasteiger partial charge is 0.417 e. The Kier molecular flexibility index (Phi) is 4.25. The van der Waals surface area contributed by atoms with Crippen LogP contribution in [-0.4, -0.2) is 38.0 Å². The minimum atomic E-state index is -3.18. The van der Waals surface area contributed by atoms with Gasteiger partial charge in [-0.1, -0.05) is 19.0 Å². The Morgan fingerprint density at radius 3 is 2.69 bits per heavy atom. The van der Waals surface area contributed by atoms with Crippen molar-refractivity contribution in [2.24, 2.45) is 0 Å². The molecule has 7 nitrogen and oxygen atoms in total. The predicted octanol–water partition coefficient (Wildman–Crippen LogP) is 0.121. The molecular formula is C8H15N3O4S. The highest BCUT2D eigenvalue weighted by atomic mass is 32.2. The second kappa shape index (κ2) is 5.26. The molecule has 0 amide bonds. The Morgan fingerprint density at radius 1 is 1.50 bits per heavy atom. The molecule has 1 aromatic heterocycles. The Morgan fingerprint density at radius 2 is 2.19 bits per heavy atom. The summed E-state index contributed by atoms with van der Waals surface area (Å²) >= 11 is 0. The highest BCUT2D eigenvalue weighted by molar-refractivity contribution is 7.88. The molecule has 8 heteroatoms. The number of rotatable bonds is 6. The molecule has 0 aliphatic carbocycles. The second-order valence-corrected chi connectivity index (χ2v) is 5.42. The van der Waals surface area contributed by atoms with Gasteiger partial charge in [-0.15, -0.1) is 0 Å². The maximum absolute atomic E-state index is 10.7. The number of nitrogens with zero attached hydrogens (tertiary/aromatic N) is 2. The maximum Gasteiger partial charge on any atom is 0.417 e. The van der Waals surface area contributed by atoms with Crippen molar-refractivity contribution in [1.82, 2.24) is 14.9 Å². The zero-order chi connectivity index (χ0) is 12.2. The van der Waals surface area contributed by atoms with Crippen LogP contribution in [0.1, 0.15) is 25.6 Å². The zero-order valence-electron chi connectivity index (χ0n) is 9.43. The molecule has 0 radical (unpaired) electrons.